The van der Waals surface area contributed by atoms with E-state index in [4.69, 9.17) is 11.6 Å². The van der Waals surface area contributed by atoms with Crippen LogP contribution in [0.3, 0.4) is 0 Å². The lowest BCUT2D eigenvalue weighted by molar-refractivity contribution is -0.115. The highest BCUT2D eigenvalue weighted by molar-refractivity contribution is 6.58. The number of phenolic OH excluding ortho intramolecular Hbond substituents is 2. The fourth-order valence-electron chi connectivity index (χ4n) is 3.59. The summed E-state index contributed by atoms with van der Waals surface area (Å²) in [7, 11) is 0. The fraction of sp³-hybridized carbons (Fsp3) is 0.125. The summed E-state index contributed by atoms with van der Waals surface area (Å²) in [6.07, 6.45) is 1.05. The third-order valence-corrected chi connectivity index (χ3v) is 5.54. The Balaban J connectivity index is 1.50. The van der Waals surface area contributed by atoms with Gasteiger partial charge in [0.05, 0.1) is 16.9 Å². The number of phenols is 2. The van der Waals surface area contributed by atoms with Crippen molar-refractivity contribution in [1.82, 2.24) is 0 Å². The minimum atomic E-state index is -0.336. The Morgan fingerprint density at radius 3 is 2.53 bits per heavy atom. The number of hydrazone groups is 1. The second-order valence-electron chi connectivity index (χ2n) is 7.37. The Hall–Kier alpha value is -3.84. The van der Waals surface area contributed by atoms with E-state index in [1.807, 2.05) is 6.07 Å². The normalized spacial score (nSPS) is 14.0. The van der Waals surface area contributed by atoms with E-state index in [-0.39, 0.29) is 29.0 Å². The topological polar surface area (TPSA) is 102 Å². The highest BCUT2D eigenvalue weighted by Crippen LogP contribution is 2.30. The Kier molecular flexibility index (Phi) is 5.83. The molecule has 0 aliphatic carbocycles. The summed E-state index contributed by atoms with van der Waals surface area (Å²) in [5.74, 6) is -0.446. The van der Waals surface area contributed by atoms with Crippen molar-refractivity contribution in [2.75, 3.05) is 10.3 Å². The van der Waals surface area contributed by atoms with Gasteiger partial charge >= 0.3 is 0 Å². The van der Waals surface area contributed by atoms with Crippen LogP contribution in [-0.2, 0) is 17.6 Å². The number of carbonyl (C=O) groups excluding carboxylic acids is 2. The molecule has 0 spiro atoms. The van der Waals surface area contributed by atoms with Crippen molar-refractivity contribution < 1.29 is 19.8 Å². The van der Waals surface area contributed by atoms with Crippen molar-refractivity contribution in [2.24, 2.45) is 5.10 Å². The second kappa shape index (κ2) is 8.72. The summed E-state index contributed by atoms with van der Waals surface area (Å²) >= 11 is 6.41. The first-order valence-electron chi connectivity index (χ1n) is 9.92. The van der Waals surface area contributed by atoms with Crippen molar-refractivity contribution in [3.63, 3.8) is 0 Å². The van der Waals surface area contributed by atoms with Crippen LogP contribution in [0.5, 0.6) is 11.5 Å². The lowest BCUT2D eigenvalue weighted by Gasteiger charge is -2.15. The molecule has 0 atom stereocenters. The van der Waals surface area contributed by atoms with Crippen LogP contribution >= 0.6 is 11.6 Å². The summed E-state index contributed by atoms with van der Waals surface area (Å²) < 4.78 is 0. The van der Waals surface area contributed by atoms with Crippen LogP contribution < -0.4 is 10.3 Å². The molecule has 1 aliphatic rings. The number of Topliss-reactive ketones (excluding diaryl/α,β-unsaturated/α-hetero) is 1. The van der Waals surface area contributed by atoms with Gasteiger partial charge in [-0.3, -0.25) is 19.9 Å². The van der Waals surface area contributed by atoms with E-state index in [0.29, 0.717) is 40.4 Å². The van der Waals surface area contributed by atoms with Gasteiger partial charge in [0.25, 0.3) is 0 Å². The molecule has 3 N–H and O–H groups in total. The van der Waals surface area contributed by atoms with E-state index in [9.17, 15) is 19.8 Å². The van der Waals surface area contributed by atoms with Gasteiger partial charge in [0.1, 0.15) is 11.5 Å². The number of carbonyl (C=O) groups is 2. The molecule has 1 aliphatic heterocycles. The van der Waals surface area contributed by atoms with Gasteiger partial charge in [0.15, 0.2) is 0 Å². The number of para-hydroxylation sites is 1. The molecule has 32 heavy (non-hydrogen) atoms. The highest BCUT2D eigenvalue weighted by atomic mass is 35.5. The first-order valence-corrected chi connectivity index (χ1v) is 10.3. The number of aryl methyl sites for hydroxylation is 2. The molecule has 3 aromatic rings. The predicted octanol–water partition coefficient (Wildman–Crippen LogP) is 4.51. The quantitative estimate of drug-likeness (QED) is 0.393. The molecule has 0 aromatic heterocycles. The fourth-order valence-corrected chi connectivity index (χ4v) is 3.87. The zero-order valence-electron chi connectivity index (χ0n) is 17.2. The van der Waals surface area contributed by atoms with E-state index >= 15 is 0 Å². The monoisotopic (exact) mass is 449 g/mol. The number of benzene rings is 3. The smallest absolute Gasteiger partial charge is 0.232 e. The molecule has 8 heteroatoms. The standard InChI is InChI=1S/C24H20ClN3O4/c1-14(29)28-21-5-3-2-4-19(21)23(32)24(28)27-26-17-9-8-15(20(25)13-17)6-7-16-12-18(30)10-11-22(16)31/h2-5,8-13,26,30-31H,6-7H2,1H3. The number of fused-ring (bicyclic) bond motifs is 1. The molecule has 3 aromatic carbocycles. The lowest BCUT2D eigenvalue weighted by Crippen LogP contribution is -2.34. The number of aromatic hydroxyl groups is 2. The number of nitrogens with one attached hydrogen (secondary N) is 1. The van der Waals surface area contributed by atoms with Crippen LogP contribution in [0.15, 0.2) is 65.8 Å². The minimum absolute atomic E-state index is 0.00161. The van der Waals surface area contributed by atoms with E-state index < -0.39 is 0 Å². The summed E-state index contributed by atoms with van der Waals surface area (Å²) in [4.78, 5) is 26.1. The van der Waals surface area contributed by atoms with Crippen molar-refractivity contribution in [2.45, 2.75) is 19.8 Å². The predicted molar refractivity (Wildman–Crippen MR) is 124 cm³/mol. The number of anilines is 2. The van der Waals surface area contributed by atoms with E-state index in [1.165, 1.54) is 30.0 Å². The lowest BCUT2D eigenvalue weighted by atomic mass is 10.0. The van der Waals surface area contributed by atoms with Crippen molar-refractivity contribution in [1.29, 1.82) is 0 Å². The van der Waals surface area contributed by atoms with Crippen LogP contribution in [0.2, 0.25) is 5.02 Å². The molecular formula is C24H20ClN3O4. The van der Waals surface area contributed by atoms with Gasteiger partial charge in [-0.2, -0.15) is 5.10 Å². The molecule has 4 rings (SSSR count). The van der Waals surface area contributed by atoms with Crippen LogP contribution in [0.4, 0.5) is 11.4 Å². The average Bonchev–Trinajstić information content (AvgIpc) is 3.06. The Bertz CT molecular complexity index is 1260. The number of amidine groups is 1. The Morgan fingerprint density at radius 1 is 1.03 bits per heavy atom. The molecule has 0 unspecified atom stereocenters. The molecule has 0 saturated carbocycles. The third-order valence-electron chi connectivity index (χ3n) is 5.19. The summed E-state index contributed by atoms with van der Waals surface area (Å²) in [5.41, 5.74) is 5.77. The summed E-state index contributed by atoms with van der Waals surface area (Å²) in [6.45, 7) is 1.38. The molecule has 1 heterocycles. The number of amides is 1. The number of rotatable bonds is 5. The van der Waals surface area contributed by atoms with Crippen molar-refractivity contribution >= 4 is 40.5 Å². The zero-order valence-corrected chi connectivity index (χ0v) is 17.9. The van der Waals surface area contributed by atoms with Gasteiger partial charge in [-0.25, -0.2) is 0 Å². The van der Waals surface area contributed by atoms with Crippen LogP contribution in [0.1, 0.15) is 28.4 Å². The van der Waals surface area contributed by atoms with Gasteiger partial charge in [0, 0.05) is 11.9 Å². The molecule has 162 valence electrons. The van der Waals surface area contributed by atoms with E-state index in [1.54, 1.807) is 36.4 Å². The third kappa shape index (κ3) is 4.15. The minimum Gasteiger partial charge on any atom is -0.508 e. The van der Waals surface area contributed by atoms with E-state index in [2.05, 4.69) is 10.5 Å². The SMILES string of the molecule is CC(=O)N1C(=NNc2ccc(CCc3cc(O)ccc3O)c(Cl)c2)C(=O)c2ccccc21. The first kappa shape index (κ1) is 21.4. The van der Waals surface area contributed by atoms with Crippen LogP contribution in [0, 0.1) is 0 Å². The molecule has 0 bridgehead atoms. The van der Waals surface area contributed by atoms with E-state index in [0.717, 1.165) is 5.56 Å². The maximum atomic E-state index is 12.7. The Labute approximate surface area is 189 Å². The van der Waals surface area contributed by atoms with Gasteiger partial charge < -0.3 is 10.2 Å². The van der Waals surface area contributed by atoms with Crippen molar-refractivity contribution in [3.8, 4) is 11.5 Å². The van der Waals surface area contributed by atoms with Gasteiger partial charge in [-0.1, -0.05) is 29.8 Å². The molecule has 1 amide bonds. The number of ketones is 1. The number of hydrogen-bond donors (Lipinski definition) is 3. The number of halogens is 1. The molecular weight excluding hydrogens is 430 g/mol. The number of hydrogen-bond acceptors (Lipinski definition) is 6. The van der Waals surface area contributed by atoms with Gasteiger partial charge in [0.2, 0.25) is 17.5 Å². The van der Waals surface area contributed by atoms with Crippen LogP contribution in [0.25, 0.3) is 0 Å². The zero-order chi connectivity index (χ0) is 22.8. The maximum absolute atomic E-state index is 12.7. The van der Waals surface area contributed by atoms with Crippen molar-refractivity contribution in [3.05, 3.63) is 82.4 Å². The molecule has 0 saturated heterocycles. The molecule has 0 radical (unpaired) electrons. The largest absolute Gasteiger partial charge is 0.508 e. The molecule has 7 nitrogen and oxygen atoms in total. The number of nitrogens with zero attached hydrogens (tertiary/aromatic N) is 2. The second-order valence-corrected chi connectivity index (χ2v) is 7.77. The maximum Gasteiger partial charge on any atom is 0.232 e. The summed E-state index contributed by atoms with van der Waals surface area (Å²) in [6, 6.07) is 16.5. The average molecular weight is 450 g/mol. The Morgan fingerprint density at radius 2 is 1.78 bits per heavy atom. The molecule has 0 fully saturated rings. The van der Waals surface area contributed by atoms with Crippen LogP contribution in [-0.4, -0.2) is 27.7 Å². The highest BCUT2D eigenvalue weighted by Gasteiger charge is 2.36. The first-order chi connectivity index (χ1) is 15.3. The van der Waals surface area contributed by atoms with Gasteiger partial charge in [-0.15, -0.1) is 0 Å². The van der Waals surface area contributed by atoms with Gasteiger partial charge in [-0.05, 0) is 66.4 Å². The summed E-state index contributed by atoms with van der Waals surface area (Å²) in [5, 5.41) is 24.2.